The van der Waals surface area contributed by atoms with E-state index in [0.29, 0.717) is 0 Å². The fourth-order valence-corrected chi connectivity index (χ4v) is 0.287. The summed E-state index contributed by atoms with van der Waals surface area (Å²) in [5, 5.41) is 11.4. The van der Waals surface area contributed by atoms with Gasteiger partial charge in [-0.1, -0.05) is 19.0 Å². The van der Waals surface area contributed by atoms with Gasteiger partial charge in [-0.3, -0.25) is 0 Å². The molecule has 8 heavy (non-hydrogen) atoms. The van der Waals surface area contributed by atoms with Gasteiger partial charge in [0.2, 0.25) is 0 Å². The zero-order valence-corrected chi connectivity index (χ0v) is 5.16. The molecule has 0 amide bonds. The van der Waals surface area contributed by atoms with Crippen LogP contribution in [0.25, 0.3) is 0 Å². The van der Waals surface area contributed by atoms with E-state index in [4.69, 9.17) is 5.11 Å². The first-order chi connectivity index (χ1) is 3.68. The first-order valence-electron chi connectivity index (χ1n) is 2.65. The van der Waals surface area contributed by atoms with Crippen LogP contribution in [0, 0.1) is 10.8 Å². The summed E-state index contributed by atoms with van der Waals surface area (Å²) in [5.41, 5.74) is 0. The lowest BCUT2D eigenvalue weighted by atomic mass is 10.1. The van der Waals surface area contributed by atoms with Crippen LogP contribution in [0.3, 0.4) is 0 Å². The largest absolute Gasteiger partial charge is 0.391 e. The van der Waals surface area contributed by atoms with Crippen molar-refractivity contribution in [1.82, 2.24) is 0 Å². The van der Waals surface area contributed by atoms with Crippen LogP contribution < -0.4 is 0 Å². The average Bonchev–Trinajstić information content (AvgIpc) is 1.67. The lowest BCUT2D eigenvalue weighted by Crippen LogP contribution is -2.17. The van der Waals surface area contributed by atoms with Crippen molar-refractivity contribution in [3.05, 3.63) is 4.91 Å². The van der Waals surface area contributed by atoms with Crippen molar-refractivity contribution >= 4 is 0 Å². The minimum Gasteiger partial charge on any atom is -0.391 e. The summed E-state index contributed by atoms with van der Waals surface area (Å²) < 4.78 is 0. The number of aliphatic hydroxyl groups is 1. The lowest BCUT2D eigenvalue weighted by Gasteiger charge is -2.07. The molecule has 1 unspecified atom stereocenters. The van der Waals surface area contributed by atoms with Crippen molar-refractivity contribution in [1.29, 1.82) is 0 Å². The molecule has 0 aliphatic rings. The molecule has 0 aromatic heterocycles. The molecule has 3 heteroatoms. The Morgan fingerprint density at radius 1 is 1.62 bits per heavy atom. The van der Waals surface area contributed by atoms with E-state index in [9.17, 15) is 4.91 Å². The fourth-order valence-electron chi connectivity index (χ4n) is 0.287. The normalized spacial score (nSPS) is 14.0. The molecule has 0 rings (SSSR count). The summed E-state index contributed by atoms with van der Waals surface area (Å²) in [6.45, 7) is 3.70. The van der Waals surface area contributed by atoms with Crippen molar-refractivity contribution in [2.75, 3.05) is 6.54 Å². The Morgan fingerprint density at radius 2 is 2.12 bits per heavy atom. The van der Waals surface area contributed by atoms with Gasteiger partial charge in [0.05, 0.1) is 6.10 Å². The van der Waals surface area contributed by atoms with Crippen LogP contribution in [-0.4, -0.2) is 17.8 Å². The molecule has 0 fully saturated rings. The fraction of sp³-hybridized carbons (Fsp3) is 1.00. The van der Waals surface area contributed by atoms with Crippen LogP contribution in [0.15, 0.2) is 5.18 Å². The first kappa shape index (κ1) is 7.56. The molecular weight excluding hydrogens is 106 g/mol. The van der Waals surface area contributed by atoms with Crippen LogP contribution in [0.5, 0.6) is 0 Å². The standard InChI is InChI=1S/C5H11NO2/c1-4(2)5(7)3-6-8/h4-5,7H,3H2,1-2H3. The SMILES string of the molecule is CC(C)C(O)CN=O. The van der Waals surface area contributed by atoms with E-state index in [1.165, 1.54) is 0 Å². The van der Waals surface area contributed by atoms with Gasteiger partial charge in [-0.05, 0) is 5.92 Å². The summed E-state index contributed by atoms with van der Waals surface area (Å²) in [4.78, 5) is 9.51. The molecule has 0 saturated heterocycles. The lowest BCUT2D eigenvalue weighted by molar-refractivity contribution is 0.134. The Hall–Kier alpha value is -0.440. The molecule has 0 spiro atoms. The molecule has 0 aromatic rings. The van der Waals surface area contributed by atoms with E-state index in [2.05, 4.69) is 5.18 Å². The summed E-state index contributed by atoms with van der Waals surface area (Å²) in [7, 11) is 0. The van der Waals surface area contributed by atoms with Gasteiger partial charge in [-0.15, -0.1) is 0 Å². The van der Waals surface area contributed by atoms with Gasteiger partial charge in [0, 0.05) is 0 Å². The maximum absolute atomic E-state index is 9.51. The molecule has 0 saturated carbocycles. The highest BCUT2D eigenvalue weighted by molar-refractivity contribution is 4.60. The zero-order chi connectivity index (χ0) is 6.57. The zero-order valence-electron chi connectivity index (χ0n) is 5.16. The predicted octanol–water partition coefficient (Wildman–Crippen LogP) is 0.770. The first-order valence-corrected chi connectivity index (χ1v) is 2.65. The molecule has 0 aromatic carbocycles. The van der Waals surface area contributed by atoms with Gasteiger partial charge in [0.25, 0.3) is 0 Å². The molecular formula is C5H11NO2. The van der Waals surface area contributed by atoms with Crippen LogP contribution in [0.1, 0.15) is 13.8 Å². The Kier molecular flexibility index (Phi) is 3.35. The highest BCUT2D eigenvalue weighted by atomic mass is 16.3. The third kappa shape index (κ3) is 2.69. The summed E-state index contributed by atoms with van der Waals surface area (Å²) in [6.07, 6.45) is -0.563. The van der Waals surface area contributed by atoms with Crippen molar-refractivity contribution in [3.63, 3.8) is 0 Å². The summed E-state index contributed by atoms with van der Waals surface area (Å²) >= 11 is 0. The average molecular weight is 117 g/mol. The Morgan fingerprint density at radius 3 is 2.25 bits per heavy atom. The van der Waals surface area contributed by atoms with Gasteiger partial charge in [0.15, 0.2) is 0 Å². The van der Waals surface area contributed by atoms with Crippen molar-refractivity contribution in [3.8, 4) is 0 Å². The maximum Gasteiger partial charge on any atom is 0.107 e. The van der Waals surface area contributed by atoms with Gasteiger partial charge in [-0.2, -0.15) is 4.91 Å². The molecule has 0 radical (unpaired) electrons. The molecule has 1 atom stereocenters. The minimum absolute atomic E-state index is 0.0116. The number of aliphatic hydroxyl groups excluding tert-OH is 1. The van der Waals surface area contributed by atoms with E-state index in [1.54, 1.807) is 0 Å². The molecule has 0 aliphatic heterocycles. The van der Waals surface area contributed by atoms with Crippen molar-refractivity contribution in [2.45, 2.75) is 20.0 Å². The second-order valence-corrected chi connectivity index (χ2v) is 2.12. The van der Waals surface area contributed by atoms with Crippen molar-refractivity contribution in [2.24, 2.45) is 11.1 Å². The topological polar surface area (TPSA) is 49.7 Å². The Balaban J connectivity index is 3.30. The Bertz CT molecular complexity index is 72.8. The van der Waals surface area contributed by atoms with E-state index < -0.39 is 6.10 Å². The monoisotopic (exact) mass is 117 g/mol. The third-order valence-electron chi connectivity index (χ3n) is 1.03. The van der Waals surface area contributed by atoms with Crippen LogP contribution in [0.2, 0.25) is 0 Å². The number of nitrogens with zero attached hydrogens (tertiary/aromatic N) is 1. The highest BCUT2D eigenvalue weighted by Gasteiger charge is 2.07. The minimum atomic E-state index is -0.563. The third-order valence-corrected chi connectivity index (χ3v) is 1.03. The highest BCUT2D eigenvalue weighted by Crippen LogP contribution is 1.99. The number of hydrogen-bond donors (Lipinski definition) is 1. The molecule has 0 aliphatic carbocycles. The summed E-state index contributed by atoms with van der Waals surface area (Å²) in [5.74, 6) is 0.132. The van der Waals surface area contributed by atoms with E-state index >= 15 is 0 Å². The van der Waals surface area contributed by atoms with Gasteiger partial charge in [0.1, 0.15) is 6.54 Å². The molecule has 48 valence electrons. The number of nitroso groups, excluding NO2 is 1. The van der Waals surface area contributed by atoms with Gasteiger partial charge in [-0.25, -0.2) is 0 Å². The molecule has 0 heterocycles. The molecule has 0 bridgehead atoms. The predicted molar refractivity (Wildman–Crippen MR) is 31.5 cm³/mol. The second-order valence-electron chi connectivity index (χ2n) is 2.12. The van der Waals surface area contributed by atoms with Crippen molar-refractivity contribution < 1.29 is 5.11 Å². The molecule has 3 nitrogen and oxygen atoms in total. The smallest absolute Gasteiger partial charge is 0.107 e. The second kappa shape index (κ2) is 3.55. The van der Waals surface area contributed by atoms with Crippen LogP contribution in [-0.2, 0) is 0 Å². The van der Waals surface area contributed by atoms with E-state index in [1.807, 2.05) is 13.8 Å². The van der Waals surface area contributed by atoms with Gasteiger partial charge < -0.3 is 5.11 Å². The molecule has 1 N–H and O–H groups in total. The quantitative estimate of drug-likeness (QED) is 0.555. The Labute approximate surface area is 48.7 Å². The maximum atomic E-state index is 9.51. The van der Waals surface area contributed by atoms with E-state index in [0.717, 1.165) is 0 Å². The van der Waals surface area contributed by atoms with Crippen LogP contribution in [0.4, 0.5) is 0 Å². The summed E-state index contributed by atoms with van der Waals surface area (Å²) in [6, 6.07) is 0. The van der Waals surface area contributed by atoms with Crippen LogP contribution >= 0.6 is 0 Å². The number of hydrogen-bond acceptors (Lipinski definition) is 3. The van der Waals surface area contributed by atoms with Gasteiger partial charge >= 0.3 is 0 Å². The van der Waals surface area contributed by atoms with E-state index in [-0.39, 0.29) is 12.5 Å². The number of rotatable bonds is 3.